The summed E-state index contributed by atoms with van der Waals surface area (Å²) in [5.41, 5.74) is 1.41. The van der Waals surface area contributed by atoms with Crippen LogP contribution in [-0.2, 0) is 16.0 Å². The Labute approximate surface area is 110 Å². The zero-order chi connectivity index (χ0) is 13.7. The van der Waals surface area contributed by atoms with Crippen molar-refractivity contribution in [2.75, 3.05) is 26.4 Å². The minimum atomic E-state index is -0.991. The molecule has 0 fully saturated rings. The Balaban J connectivity index is 1.99. The van der Waals surface area contributed by atoms with Gasteiger partial charge in [0.15, 0.2) is 0 Å². The van der Waals surface area contributed by atoms with Gasteiger partial charge >= 0.3 is 5.97 Å². The number of carboxylic acid groups (broad SMARTS) is 1. The zero-order valence-corrected chi connectivity index (χ0v) is 10.3. The second kappa shape index (κ2) is 6.19. The largest absolute Gasteiger partial charge is 0.491 e. The van der Waals surface area contributed by atoms with Crippen LogP contribution in [0.25, 0.3) is 0 Å². The number of hydrogen-bond acceptors (Lipinski definition) is 4. The molecule has 0 saturated heterocycles. The standard InChI is InChI=1S/C13H15NO5/c15-12(16)8-18-5-3-9-1-2-11-10(7-9)13(17)14-4-6-19-11/h1-2,7H,3-6,8H2,(H,14,17)(H,15,16). The Morgan fingerprint density at radius 2 is 2.32 bits per heavy atom. The molecule has 0 aliphatic carbocycles. The lowest BCUT2D eigenvalue weighted by Gasteiger charge is -2.08. The van der Waals surface area contributed by atoms with E-state index in [0.29, 0.717) is 37.5 Å². The maximum absolute atomic E-state index is 11.8. The monoisotopic (exact) mass is 265 g/mol. The van der Waals surface area contributed by atoms with E-state index in [1.54, 1.807) is 12.1 Å². The van der Waals surface area contributed by atoms with E-state index in [1.807, 2.05) is 6.07 Å². The fourth-order valence-electron chi connectivity index (χ4n) is 1.81. The summed E-state index contributed by atoms with van der Waals surface area (Å²) in [5.74, 6) is -0.569. The molecule has 6 heteroatoms. The SMILES string of the molecule is O=C(O)COCCc1ccc2c(c1)C(=O)NCCO2. The van der Waals surface area contributed by atoms with Crippen LogP contribution in [-0.4, -0.2) is 43.3 Å². The molecule has 1 aliphatic rings. The lowest BCUT2D eigenvalue weighted by molar-refractivity contribution is -0.142. The Kier molecular flexibility index (Phi) is 4.35. The van der Waals surface area contributed by atoms with Gasteiger partial charge in [-0.15, -0.1) is 0 Å². The van der Waals surface area contributed by atoms with Crippen LogP contribution >= 0.6 is 0 Å². The van der Waals surface area contributed by atoms with Crippen LogP contribution in [0.4, 0.5) is 0 Å². The molecule has 1 amide bonds. The van der Waals surface area contributed by atoms with E-state index in [9.17, 15) is 9.59 Å². The van der Waals surface area contributed by atoms with Gasteiger partial charge in [0.05, 0.1) is 18.7 Å². The molecule has 19 heavy (non-hydrogen) atoms. The number of nitrogens with one attached hydrogen (secondary N) is 1. The maximum atomic E-state index is 11.8. The number of hydrogen-bond donors (Lipinski definition) is 2. The molecule has 1 heterocycles. The molecule has 0 aromatic heterocycles. The normalized spacial score (nSPS) is 14.0. The first-order valence-electron chi connectivity index (χ1n) is 6.00. The van der Waals surface area contributed by atoms with Crippen LogP contribution in [0.5, 0.6) is 5.75 Å². The molecule has 2 rings (SSSR count). The first kappa shape index (κ1) is 13.4. The Hall–Kier alpha value is -2.08. The lowest BCUT2D eigenvalue weighted by Crippen LogP contribution is -2.24. The van der Waals surface area contributed by atoms with Gasteiger partial charge in [-0.05, 0) is 24.1 Å². The molecule has 1 aromatic carbocycles. The quantitative estimate of drug-likeness (QED) is 0.755. The molecule has 0 radical (unpaired) electrons. The molecule has 1 aliphatic heterocycles. The summed E-state index contributed by atoms with van der Waals surface area (Å²) in [6, 6.07) is 5.36. The van der Waals surface area contributed by atoms with E-state index >= 15 is 0 Å². The van der Waals surface area contributed by atoms with Gasteiger partial charge < -0.3 is 19.9 Å². The first-order chi connectivity index (χ1) is 9.16. The number of carboxylic acids is 1. The van der Waals surface area contributed by atoms with E-state index in [-0.39, 0.29) is 12.5 Å². The molecule has 0 saturated carbocycles. The highest BCUT2D eigenvalue weighted by Gasteiger charge is 2.16. The predicted octanol–water partition coefficient (Wildman–Crippen LogP) is 0.452. The van der Waals surface area contributed by atoms with Gasteiger partial charge in [-0.25, -0.2) is 4.79 Å². The topological polar surface area (TPSA) is 84.9 Å². The summed E-state index contributed by atoms with van der Waals surface area (Å²) in [4.78, 5) is 22.1. The number of aliphatic carboxylic acids is 1. The van der Waals surface area contributed by atoms with Crippen LogP contribution < -0.4 is 10.1 Å². The van der Waals surface area contributed by atoms with Crippen molar-refractivity contribution < 1.29 is 24.2 Å². The fraction of sp³-hybridized carbons (Fsp3) is 0.385. The van der Waals surface area contributed by atoms with Crippen molar-refractivity contribution in [1.29, 1.82) is 0 Å². The average molecular weight is 265 g/mol. The van der Waals surface area contributed by atoms with Gasteiger partial charge in [0.25, 0.3) is 5.91 Å². The number of benzene rings is 1. The van der Waals surface area contributed by atoms with Crippen LogP contribution in [0.1, 0.15) is 15.9 Å². The molecular weight excluding hydrogens is 250 g/mol. The summed E-state index contributed by atoms with van der Waals surface area (Å²) in [6.07, 6.45) is 0.549. The molecule has 0 atom stereocenters. The molecule has 2 N–H and O–H groups in total. The van der Waals surface area contributed by atoms with Crippen molar-refractivity contribution in [2.45, 2.75) is 6.42 Å². The number of amides is 1. The zero-order valence-electron chi connectivity index (χ0n) is 10.3. The van der Waals surface area contributed by atoms with Gasteiger partial charge in [-0.2, -0.15) is 0 Å². The third-order valence-electron chi connectivity index (χ3n) is 2.69. The average Bonchev–Trinajstić information content (AvgIpc) is 2.57. The van der Waals surface area contributed by atoms with E-state index in [1.165, 1.54) is 0 Å². The van der Waals surface area contributed by atoms with E-state index in [4.69, 9.17) is 14.6 Å². The smallest absolute Gasteiger partial charge is 0.329 e. The third kappa shape index (κ3) is 3.69. The maximum Gasteiger partial charge on any atom is 0.329 e. The number of ether oxygens (including phenoxy) is 2. The Bertz CT molecular complexity index is 486. The summed E-state index contributed by atoms with van der Waals surface area (Å²) < 4.78 is 10.4. The summed E-state index contributed by atoms with van der Waals surface area (Å²) >= 11 is 0. The minimum Gasteiger partial charge on any atom is -0.491 e. The number of fused-ring (bicyclic) bond motifs is 1. The van der Waals surface area contributed by atoms with E-state index < -0.39 is 5.97 Å². The van der Waals surface area contributed by atoms with Crippen molar-refractivity contribution in [3.8, 4) is 5.75 Å². The van der Waals surface area contributed by atoms with Crippen molar-refractivity contribution in [3.05, 3.63) is 29.3 Å². The second-order valence-electron chi connectivity index (χ2n) is 4.13. The molecule has 102 valence electrons. The van der Waals surface area contributed by atoms with Gasteiger partial charge in [-0.3, -0.25) is 4.79 Å². The van der Waals surface area contributed by atoms with E-state index in [0.717, 1.165) is 5.56 Å². The summed E-state index contributed by atoms with van der Waals surface area (Å²) in [7, 11) is 0. The van der Waals surface area contributed by atoms with Crippen LogP contribution in [0.15, 0.2) is 18.2 Å². The highest BCUT2D eigenvalue weighted by Crippen LogP contribution is 2.21. The first-order valence-corrected chi connectivity index (χ1v) is 6.00. The minimum absolute atomic E-state index is 0.152. The molecule has 1 aromatic rings. The van der Waals surface area contributed by atoms with Crippen molar-refractivity contribution in [3.63, 3.8) is 0 Å². The van der Waals surface area contributed by atoms with Crippen molar-refractivity contribution >= 4 is 11.9 Å². The number of carbonyl (C=O) groups excluding carboxylic acids is 1. The number of rotatable bonds is 5. The molecule has 0 spiro atoms. The second-order valence-corrected chi connectivity index (χ2v) is 4.13. The summed E-state index contributed by atoms with van der Waals surface area (Å²) in [5, 5.41) is 11.2. The van der Waals surface area contributed by atoms with Gasteiger partial charge in [-0.1, -0.05) is 6.07 Å². The molecule has 0 unspecified atom stereocenters. The van der Waals surface area contributed by atoms with Gasteiger partial charge in [0.2, 0.25) is 0 Å². The van der Waals surface area contributed by atoms with Crippen LogP contribution in [0, 0.1) is 0 Å². The third-order valence-corrected chi connectivity index (χ3v) is 2.69. The molecular formula is C13H15NO5. The van der Waals surface area contributed by atoms with Crippen LogP contribution in [0.3, 0.4) is 0 Å². The highest BCUT2D eigenvalue weighted by molar-refractivity contribution is 5.97. The Morgan fingerprint density at radius 3 is 3.11 bits per heavy atom. The molecule has 0 bridgehead atoms. The van der Waals surface area contributed by atoms with Gasteiger partial charge in [0, 0.05) is 0 Å². The Morgan fingerprint density at radius 1 is 1.47 bits per heavy atom. The lowest BCUT2D eigenvalue weighted by atomic mass is 10.1. The van der Waals surface area contributed by atoms with Crippen molar-refractivity contribution in [2.24, 2.45) is 0 Å². The fourth-order valence-corrected chi connectivity index (χ4v) is 1.81. The van der Waals surface area contributed by atoms with Crippen LogP contribution in [0.2, 0.25) is 0 Å². The molecule has 6 nitrogen and oxygen atoms in total. The van der Waals surface area contributed by atoms with Crippen molar-refractivity contribution in [1.82, 2.24) is 5.32 Å². The summed E-state index contributed by atoms with van der Waals surface area (Å²) in [6.45, 7) is 0.937. The number of carbonyl (C=O) groups is 2. The predicted molar refractivity (Wildman–Crippen MR) is 66.4 cm³/mol. The van der Waals surface area contributed by atoms with Gasteiger partial charge in [0.1, 0.15) is 19.0 Å². The van der Waals surface area contributed by atoms with E-state index in [2.05, 4.69) is 5.32 Å². The highest BCUT2D eigenvalue weighted by atomic mass is 16.5.